The molecule has 0 saturated carbocycles. The summed E-state index contributed by atoms with van der Waals surface area (Å²) >= 11 is 0. The van der Waals surface area contributed by atoms with Crippen molar-refractivity contribution in [3.63, 3.8) is 0 Å². The Morgan fingerprint density at radius 1 is 1.06 bits per heavy atom. The largest absolute Gasteiger partial charge is 0.383 e. The van der Waals surface area contributed by atoms with E-state index >= 15 is 0 Å². The lowest BCUT2D eigenvalue weighted by Crippen LogP contribution is -2.42. The Kier molecular flexibility index (Phi) is 8.88. The molecule has 0 unspecified atom stereocenters. The van der Waals surface area contributed by atoms with Crippen molar-refractivity contribution >= 4 is 23.4 Å². The van der Waals surface area contributed by atoms with Gasteiger partial charge in [-0.15, -0.1) is 0 Å². The Balaban J connectivity index is 1.81. The van der Waals surface area contributed by atoms with Gasteiger partial charge in [-0.2, -0.15) is 5.10 Å². The standard InChI is InChI=1S/C28H37N5O3/c1-7-21-12-10-13-22(17-21)29-27(35)32(15-16-36-6)19-26(34)30-25-18-24(28(3,4)5)31-33(25)23-14-9-8-11-20(23)2/h8-14,17-18H,7,15-16,19H2,1-6H3,(H,29,35)(H,30,34). The maximum absolute atomic E-state index is 13.2. The highest BCUT2D eigenvalue weighted by Gasteiger charge is 2.23. The number of rotatable bonds is 9. The molecular formula is C28H37N5O3. The van der Waals surface area contributed by atoms with Crippen LogP contribution in [0.3, 0.4) is 0 Å². The van der Waals surface area contributed by atoms with Crippen LogP contribution in [-0.2, 0) is 21.4 Å². The zero-order valence-electron chi connectivity index (χ0n) is 22.1. The van der Waals surface area contributed by atoms with E-state index in [0.717, 1.165) is 28.9 Å². The summed E-state index contributed by atoms with van der Waals surface area (Å²) in [7, 11) is 1.57. The number of nitrogens with zero attached hydrogens (tertiary/aromatic N) is 3. The van der Waals surface area contributed by atoms with E-state index in [-0.39, 0.29) is 30.4 Å². The first-order valence-electron chi connectivity index (χ1n) is 12.2. The van der Waals surface area contributed by atoms with Gasteiger partial charge >= 0.3 is 6.03 Å². The third-order valence-electron chi connectivity index (χ3n) is 5.86. The molecule has 2 aromatic carbocycles. The molecular weight excluding hydrogens is 454 g/mol. The van der Waals surface area contributed by atoms with Crippen molar-refractivity contribution in [3.8, 4) is 5.69 Å². The number of nitrogens with one attached hydrogen (secondary N) is 2. The molecule has 1 heterocycles. The predicted molar refractivity (Wildman–Crippen MR) is 144 cm³/mol. The average molecular weight is 492 g/mol. The Labute approximate surface area is 213 Å². The summed E-state index contributed by atoms with van der Waals surface area (Å²) in [5, 5.41) is 10.7. The minimum Gasteiger partial charge on any atom is -0.383 e. The minimum atomic E-state index is -0.363. The second-order valence-electron chi connectivity index (χ2n) is 9.81. The number of carbonyl (C=O) groups is 2. The van der Waals surface area contributed by atoms with E-state index in [9.17, 15) is 9.59 Å². The summed E-state index contributed by atoms with van der Waals surface area (Å²) in [6.07, 6.45) is 0.866. The maximum Gasteiger partial charge on any atom is 0.322 e. The second-order valence-corrected chi connectivity index (χ2v) is 9.81. The van der Waals surface area contributed by atoms with E-state index in [1.807, 2.05) is 61.5 Å². The number of urea groups is 1. The molecule has 36 heavy (non-hydrogen) atoms. The van der Waals surface area contributed by atoms with E-state index in [1.165, 1.54) is 4.90 Å². The number of methoxy groups -OCH3 is 1. The molecule has 8 nitrogen and oxygen atoms in total. The fourth-order valence-corrected chi connectivity index (χ4v) is 3.70. The number of ether oxygens (including phenoxy) is 1. The number of benzene rings is 2. The van der Waals surface area contributed by atoms with Gasteiger partial charge in [-0.1, -0.05) is 58.0 Å². The fraction of sp³-hybridized carbons (Fsp3) is 0.393. The molecule has 3 amide bonds. The molecule has 0 aliphatic heterocycles. The number of aryl methyl sites for hydroxylation is 2. The molecule has 0 aliphatic rings. The van der Waals surface area contributed by atoms with Crippen molar-refractivity contribution in [3.05, 3.63) is 71.4 Å². The highest BCUT2D eigenvalue weighted by atomic mass is 16.5. The highest BCUT2D eigenvalue weighted by molar-refractivity contribution is 5.96. The molecule has 192 valence electrons. The summed E-state index contributed by atoms with van der Waals surface area (Å²) in [6, 6.07) is 17.1. The van der Waals surface area contributed by atoms with Gasteiger partial charge in [0.15, 0.2) is 0 Å². The zero-order chi connectivity index (χ0) is 26.3. The molecule has 0 saturated heterocycles. The van der Waals surface area contributed by atoms with E-state index in [4.69, 9.17) is 9.84 Å². The van der Waals surface area contributed by atoms with Gasteiger partial charge in [0.2, 0.25) is 5.91 Å². The van der Waals surface area contributed by atoms with Crippen molar-refractivity contribution < 1.29 is 14.3 Å². The number of amides is 3. The van der Waals surface area contributed by atoms with Crippen LogP contribution in [0.15, 0.2) is 54.6 Å². The summed E-state index contributed by atoms with van der Waals surface area (Å²) < 4.78 is 6.93. The quantitative estimate of drug-likeness (QED) is 0.433. The van der Waals surface area contributed by atoms with E-state index in [0.29, 0.717) is 18.1 Å². The van der Waals surface area contributed by atoms with E-state index < -0.39 is 0 Å². The van der Waals surface area contributed by atoms with Crippen LogP contribution in [0.2, 0.25) is 0 Å². The van der Waals surface area contributed by atoms with Crippen molar-refractivity contribution in [1.29, 1.82) is 0 Å². The molecule has 3 rings (SSSR count). The lowest BCUT2D eigenvalue weighted by Gasteiger charge is -2.22. The fourth-order valence-electron chi connectivity index (χ4n) is 3.70. The van der Waals surface area contributed by atoms with Crippen LogP contribution in [0, 0.1) is 6.92 Å². The highest BCUT2D eigenvalue weighted by Crippen LogP contribution is 2.27. The van der Waals surface area contributed by atoms with Gasteiger partial charge in [0.1, 0.15) is 12.4 Å². The first kappa shape index (κ1) is 26.9. The van der Waals surface area contributed by atoms with Crippen molar-refractivity contribution in [1.82, 2.24) is 14.7 Å². The number of hydrogen-bond donors (Lipinski definition) is 2. The van der Waals surface area contributed by atoms with Gasteiger partial charge in [0, 0.05) is 30.8 Å². The van der Waals surface area contributed by atoms with Crippen molar-refractivity contribution in [2.24, 2.45) is 0 Å². The first-order chi connectivity index (χ1) is 17.1. The molecule has 0 atom stereocenters. The maximum atomic E-state index is 13.2. The van der Waals surface area contributed by atoms with Crippen LogP contribution >= 0.6 is 0 Å². The Morgan fingerprint density at radius 3 is 2.47 bits per heavy atom. The molecule has 0 spiro atoms. The van der Waals surface area contributed by atoms with Gasteiger partial charge in [-0.25, -0.2) is 9.48 Å². The molecule has 3 aromatic rings. The summed E-state index contributed by atoms with van der Waals surface area (Å²) in [5.74, 6) is 0.237. The van der Waals surface area contributed by atoms with Crippen molar-refractivity contribution in [2.75, 3.05) is 37.4 Å². The SMILES string of the molecule is CCc1cccc(NC(=O)N(CCOC)CC(=O)Nc2cc(C(C)(C)C)nn2-c2ccccc2C)c1. The third-order valence-corrected chi connectivity index (χ3v) is 5.86. The Hall–Kier alpha value is -3.65. The smallest absolute Gasteiger partial charge is 0.322 e. The molecule has 0 aliphatic carbocycles. The van der Waals surface area contributed by atoms with Crippen LogP contribution in [0.25, 0.3) is 5.69 Å². The normalized spacial score (nSPS) is 11.3. The van der Waals surface area contributed by atoms with Gasteiger partial charge < -0.3 is 20.3 Å². The molecule has 1 aromatic heterocycles. The number of anilines is 2. The van der Waals surface area contributed by atoms with Crippen LogP contribution in [0.5, 0.6) is 0 Å². The lowest BCUT2D eigenvalue weighted by atomic mass is 9.92. The topological polar surface area (TPSA) is 88.5 Å². The third kappa shape index (κ3) is 6.95. The molecule has 0 radical (unpaired) electrons. The van der Waals surface area contributed by atoms with E-state index in [2.05, 4.69) is 38.3 Å². The number of carbonyl (C=O) groups excluding carboxylic acids is 2. The number of hydrogen-bond acceptors (Lipinski definition) is 4. The number of para-hydroxylation sites is 1. The summed E-state index contributed by atoms with van der Waals surface area (Å²) in [6.45, 7) is 10.7. The molecule has 0 bridgehead atoms. The molecule has 0 fully saturated rings. The van der Waals surface area contributed by atoms with Gasteiger partial charge in [0.25, 0.3) is 0 Å². The number of aromatic nitrogens is 2. The Morgan fingerprint density at radius 2 is 1.81 bits per heavy atom. The summed E-state index contributed by atoms with van der Waals surface area (Å²) in [4.78, 5) is 27.6. The van der Waals surface area contributed by atoms with Crippen LogP contribution in [-0.4, -0.2) is 53.4 Å². The Bertz CT molecular complexity index is 1200. The summed E-state index contributed by atoms with van der Waals surface area (Å²) in [5.41, 5.74) is 4.37. The second kappa shape index (κ2) is 11.9. The van der Waals surface area contributed by atoms with Gasteiger partial charge in [-0.3, -0.25) is 4.79 Å². The molecule has 8 heteroatoms. The van der Waals surface area contributed by atoms with Crippen LogP contribution in [0.1, 0.15) is 44.5 Å². The van der Waals surface area contributed by atoms with Crippen LogP contribution in [0.4, 0.5) is 16.3 Å². The van der Waals surface area contributed by atoms with Crippen molar-refractivity contribution in [2.45, 2.75) is 46.5 Å². The first-order valence-corrected chi connectivity index (χ1v) is 12.2. The lowest BCUT2D eigenvalue weighted by molar-refractivity contribution is -0.116. The average Bonchev–Trinajstić information content (AvgIpc) is 3.26. The van der Waals surface area contributed by atoms with Crippen LogP contribution < -0.4 is 10.6 Å². The van der Waals surface area contributed by atoms with Gasteiger partial charge in [0.05, 0.1) is 18.0 Å². The zero-order valence-corrected chi connectivity index (χ0v) is 22.1. The predicted octanol–water partition coefficient (Wildman–Crippen LogP) is 5.16. The molecule has 2 N–H and O–H groups in total. The van der Waals surface area contributed by atoms with E-state index in [1.54, 1.807) is 11.8 Å². The van der Waals surface area contributed by atoms with Gasteiger partial charge in [-0.05, 0) is 42.7 Å². The monoisotopic (exact) mass is 491 g/mol. The minimum absolute atomic E-state index is 0.132.